The summed E-state index contributed by atoms with van der Waals surface area (Å²) in [6.45, 7) is 0. The van der Waals surface area contributed by atoms with Crippen LogP contribution in [0.4, 0.5) is 11.4 Å². The van der Waals surface area contributed by atoms with Gasteiger partial charge in [0.25, 0.3) is 5.91 Å². The number of nitrogens with one attached hydrogen (secondary N) is 1. The number of pyridine rings is 2. The summed E-state index contributed by atoms with van der Waals surface area (Å²) in [6, 6.07) is 19.0. The standard InChI is InChI=1S/C28H24N4O4S/c1-34-21-12-17(13-22(35-2)25(21)36-3)19-14-20(16-8-5-4-6-9-16)32-28-23(19)24(29)26(37-28)27(33)31-18-10-7-11-30-15-18/h4-15H,29H2,1-3H3,(H,31,33). The number of nitrogens with two attached hydrogens (primary N) is 1. The molecule has 0 saturated carbocycles. The lowest BCUT2D eigenvalue weighted by Gasteiger charge is -2.15. The van der Waals surface area contributed by atoms with Crippen molar-refractivity contribution in [3.8, 4) is 39.6 Å². The lowest BCUT2D eigenvalue weighted by atomic mass is 9.98. The molecule has 3 heterocycles. The number of carbonyl (C=O) groups is 1. The van der Waals surface area contributed by atoms with Gasteiger partial charge in [-0.25, -0.2) is 4.98 Å². The van der Waals surface area contributed by atoms with Crippen molar-refractivity contribution in [2.24, 2.45) is 0 Å². The second-order valence-electron chi connectivity index (χ2n) is 8.06. The van der Waals surface area contributed by atoms with E-state index in [0.717, 1.165) is 22.4 Å². The van der Waals surface area contributed by atoms with Crippen LogP contribution in [0, 0.1) is 0 Å². The minimum Gasteiger partial charge on any atom is -0.493 e. The zero-order valence-corrected chi connectivity index (χ0v) is 21.3. The van der Waals surface area contributed by atoms with Crippen molar-refractivity contribution in [2.75, 3.05) is 32.4 Å². The summed E-state index contributed by atoms with van der Waals surface area (Å²) in [5.74, 6) is 1.17. The average Bonchev–Trinajstić information content (AvgIpc) is 3.29. The number of hydrogen-bond acceptors (Lipinski definition) is 8. The number of thiophene rings is 1. The molecule has 0 bridgehead atoms. The van der Waals surface area contributed by atoms with E-state index in [2.05, 4.69) is 10.3 Å². The number of fused-ring (bicyclic) bond motifs is 1. The third-order valence-corrected chi connectivity index (χ3v) is 6.97. The molecule has 0 unspecified atom stereocenters. The van der Waals surface area contributed by atoms with E-state index < -0.39 is 0 Å². The summed E-state index contributed by atoms with van der Waals surface area (Å²) < 4.78 is 16.7. The molecule has 0 aliphatic rings. The van der Waals surface area contributed by atoms with Gasteiger partial charge in [0.2, 0.25) is 5.75 Å². The molecule has 9 heteroatoms. The molecule has 2 aromatic carbocycles. The van der Waals surface area contributed by atoms with Crippen molar-refractivity contribution in [2.45, 2.75) is 0 Å². The van der Waals surface area contributed by atoms with Gasteiger partial charge in [-0.05, 0) is 41.5 Å². The molecule has 0 saturated heterocycles. The minimum atomic E-state index is -0.328. The monoisotopic (exact) mass is 512 g/mol. The van der Waals surface area contributed by atoms with E-state index in [1.165, 1.54) is 11.3 Å². The third-order valence-electron chi connectivity index (χ3n) is 5.87. The smallest absolute Gasteiger partial charge is 0.267 e. The van der Waals surface area contributed by atoms with Gasteiger partial charge < -0.3 is 25.3 Å². The summed E-state index contributed by atoms with van der Waals surface area (Å²) >= 11 is 1.24. The number of carbonyl (C=O) groups excluding carboxylic acids is 1. The van der Waals surface area contributed by atoms with Crippen molar-refractivity contribution >= 4 is 38.8 Å². The van der Waals surface area contributed by atoms with E-state index in [0.29, 0.717) is 43.7 Å². The predicted octanol–water partition coefficient (Wildman–Crippen LogP) is 5.89. The SMILES string of the molecule is COc1cc(-c2cc(-c3ccccc3)nc3sc(C(=O)Nc4cccnc4)c(N)c23)cc(OC)c1OC. The highest BCUT2D eigenvalue weighted by Crippen LogP contribution is 2.46. The molecule has 37 heavy (non-hydrogen) atoms. The quantitative estimate of drug-likeness (QED) is 0.280. The van der Waals surface area contributed by atoms with E-state index >= 15 is 0 Å². The molecule has 0 aliphatic carbocycles. The topological polar surface area (TPSA) is 109 Å². The van der Waals surface area contributed by atoms with Crippen LogP contribution in [0.1, 0.15) is 9.67 Å². The number of methoxy groups -OCH3 is 3. The first-order valence-corrected chi connectivity index (χ1v) is 12.2. The summed E-state index contributed by atoms with van der Waals surface area (Å²) in [4.78, 5) is 23.1. The number of nitrogen functional groups attached to an aromatic ring is 1. The van der Waals surface area contributed by atoms with Crippen LogP contribution >= 0.6 is 11.3 Å². The number of nitrogens with zero attached hydrogens (tertiary/aromatic N) is 2. The predicted molar refractivity (Wildman–Crippen MR) is 147 cm³/mol. The Balaban J connectivity index is 1.74. The van der Waals surface area contributed by atoms with Crippen LogP contribution in [0.25, 0.3) is 32.6 Å². The van der Waals surface area contributed by atoms with Gasteiger partial charge >= 0.3 is 0 Å². The van der Waals surface area contributed by atoms with Crippen molar-refractivity contribution in [1.29, 1.82) is 0 Å². The number of amides is 1. The minimum absolute atomic E-state index is 0.328. The van der Waals surface area contributed by atoms with Crippen LogP contribution in [0.5, 0.6) is 17.2 Å². The number of ether oxygens (including phenoxy) is 3. The molecule has 0 radical (unpaired) electrons. The van der Waals surface area contributed by atoms with Crippen LogP contribution in [0.3, 0.4) is 0 Å². The average molecular weight is 513 g/mol. The van der Waals surface area contributed by atoms with Crippen LogP contribution in [0.15, 0.2) is 73.1 Å². The van der Waals surface area contributed by atoms with Gasteiger partial charge in [-0.1, -0.05) is 30.3 Å². The Morgan fingerprint density at radius 1 is 0.919 bits per heavy atom. The maximum absolute atomic E-state index is 13.2. The maximum Gasteiger partial charge on any atom is 0.267 e. The van der Waals surface area contributed by atoms with Gasteiger partial charge in [0.05, 0.1) is 44.6 Å². The molecular formula is C28H24N4O4S. The number of anilines is 2. The lowest BCUT2D eigenvalue weighted by Crippen LogP contribution is -2.12. The molecule has 5 rings (SSSR count). The highest BCUT2D eigenvalue weighted by molar-refractivity contribution is 7.21. The fourth-order valence-electron chi connectivity index (χ4n) is 4.14. The highest BCUT2D eigenvalue weighted by Gasteiger charge is 2.23. The first-order chi connectivity index (χ1) is 18.0. The summed E-state index contributed by atoms with van der Waals surface area (Å²) in [5, 5.41) is 3.54. The normalized spacial score (nSPS) is 10.8. The second kappa shape index (κ2) is 10.2. The number of benzene rings is 2. The van der Waals surface area contributed by atoms with E-state index in [9.17, 15) is 4.79 Å². The first kappa shape index (κ1) is 24.1. The highest BCUT2D eigenvalue weighted by atomic mass is 32.1. The van der Waals surface area contributed by atoms with Crippen molar-refractivity contribution in [3.63, 3.8) is 0 Å². The fourth-order valence-corrected chi connectivity index (χ4v) is 5.15. The summed E-state index contributed by atoms with van der Waals surface area (Å²) in [5.41, 5.74) is 10.8. The molecule has 8 nitrogen and oxygen atoms in total. The molecular weight excluding hydrogens is 488 g/mol. The van der Waals surface area contributed by atoms with E-state index in [4.69, 9.17) is 24.9 Å². The molecule has 1 amide bonds. The van der Waals surface area contributed by atoms with E-state index in [1.807, 2.05) is 48.5 Å². The zero-order chi connectivity index (χ0) is 25.9. The third kappa shape index (κ3) is 4.52. The Hall–Kier alpha value is -4.63. The van der Waals surface area contributed by atoms with Crippen molar-refractivity contribution in [3.05, 3.63) is 77.9 Å². The van der Waals surface area contributed by atoms with Gasteiger partial charge in [0.1, 0.15) is 9.71 Å². The van der Waals surface area contributed by atoms with Gasteiger partial charge in [-0.2, -0.15) is 0 Å². The molecule has 5 aromatic rings. The fraction of sp³-hybridized carbons (Fsp3) is 0.107. The van der Waals surface area contributed by atoms with Crippen molar-refractivity contribution in [1.82, 2.24) is 9.97 Å². The van der Waals surface area contributed by atoms with Crippen LogP contribution in [0.2, 0.25) is 0 Å². The summed E-state index contributed by atoms with van der Waals surface area (Å²) in [6.07, 6.45) is 3.22. The Labute approximate surface area is 217 Å². The summed E-state index contributed by atoms with van der Waals surface area (Å²) in [7, 11) is 4.69. The van der Waals surface area contributed by atoms with Gasteiger partial charge in [0.15, 0.2) is 11.5 Å². The van der Waals surface area contributed by atoms with Crippen molar-refractivity contribution < 1.29 is 19.0 Å². The number of rotatable bonds is 7. The molecule has 0 atom stereocenters. The molecule has 186 valence electrons. The van der Waals surface area contributed by atoms with Gasteiger partial charge in [-0.15, -0.1) is 11.3 Å². The Kier molecular flexibility index (Phi) is 6.61. The first-order valence-electron chi connectivity index (χ1n) is 11.3. The van der Waals surface area contributed by atoms with E-state index in [-0.39, 0.29) is 5.91 Å². The molecule has 0 fully saturated rings. The van der Waals surface area contributed by atoms with Crippen LogP contribution in [-0.4, -0.2) is 37.2 Å². The molecule has 3 aromatic heterocycles. The molecule has 0 spiro atoms. The lowest BCUT2D eigenvalue weighted by molar-refractivity contribution is 0.103. The maximum atomic E-state index is 13.2. The molecule has 0 aliphatic heterocycles. The van der Waals surface area contributed by atoms with E-state index in [1.54, 1.807) is 45.9 Å². The Morgan fingerprint density at radius 2 is 1.65 bits per heavy atom. The number of hydrogen-bond donors (Lipinski definition) is 2. The van der Waals surface area contributed by atoms with Crippen LogP contribution in [-0.2, 0) is 0 Å². The Bertz CT molecular complexity index is 1560. The van der Waals surface area contributed by atoms with Gasteiger partial charge in [0, 0.05) is 17.1 Å². The zero-order valence-electron chi connectivity index (χ0n) is 20.4. The Morgan fingerprint density at radius 3 is 2.27 bits per heavy atom. The van der Waals surface area contributed by atoms with Crippen LogP contribution < -0.4 is 25.3 Å². The largest absolute Gasteiger partial charge is 0.493 e. The number of aromatic nitrogens is 2. The second-order valence-corrected chi connectivity index (χ2v) is 9.06. The molecule has 3 N–H and O–H groups in total. The van der Waals surface area contributed by atoms with Gasteiger partial charge in [-0.3, -0.25) is 9.78 Å².